The fraction of sp³-hybridized carbons (Fsp3) is 0.188. The highest BCUT2D eigenvalue weighted by atomic mass is 19.4. The molecule has 2 aromatic carbocycles. The van der Waals surface area contributed by atoms with Crippen molar-refractivity contribution < 1.29 is 23.0 Å². The maximum absolute atomic E-state index is 13.0. The van der Waals surface area contributed by atoms with Crippen molar-refractivity contribution >= 4 is 22.7 Å². The molecule has 0 aliphatic rings. The highest BCUT2D eigenvalue weighted by Gasteiger charge is 2.38. The number of benzene rings is 2. The first-order valence-electron chi connectivity index (χ1n) is 7.61. The average molecular weight is 395 g/mol. The van der Waals surface area contributed by atoms with E-state index < -0.39 is 38.6 Å². The zero-order chi connectivity index (χ0) is 20.9. The first-order chi connectivity index (χ1) is 13.1. The molecule has 0 unspecified atom stereocenters. The number of nitrogens with one attached hydrogen (secondary N) is 1. The molecule has 0 aliphatic carbocycles. The molecule has 1 N–H and O–H groups in total. The van der Waals surface area contributed by atoms with Crippen LogP contribution in [0.4, 0.5) is 35.9 Å². The maximum atomic E-state index is 13.0. The first kappa shape index (κ1) is 20.4. The Morgan fingerprint density at radius 1 is 1.07 bits per heavy atom. The number of rotatable bonds is 7. The summed E-state index contributed by atoms with van der Waals surface area (Å²) in [5, 5.41) is 23.9. The molecule has 0 amide bonds. The molecule has 0 fully saturated rings. The first-order valence-corrected chi connectivity index (χ1v) is 7.61. The molecule has 9 nitrogen and oxygen atoms in total. The van der Waals surface area contributed by atoms with Crippen molar-refractivity contribution in [2.75, 3.05) is 23.5 Å². The molecule has 0 saturated carbocycles. The van der Waals surface area contributed by atoms with Gasteiger partial charge in [0.15, 0.2) is 0 Å². The standard InChI is InChI=1S/C16H12F3N5O4/c1-20-7-8-22(12-5-3-2-4-6-12)21-15-13(23(25)26)9-11(16(17,18)19)10-14(15)24(27)28/h2-6,9-10,21H,7-8H2. The molecule has 146 valence electrons. The van der Waals surface area contributed by atoms with Gasteiger partial charge in [-0.05, 0) is 12.1 Å². The molecule has 0 spiro atoms. The molecule has 2 aromatic rings. The topological polar surface area (TPSA) is 106 Å². The smallest absolute Gasteiger partial charge is 0.315 e. The van der Waals surface area contributed by atoms with Gasteiger partial charge in [-0.15, -0.1) is 0 Å². The van der Waals surface area contributed by atoms with E-state index in [-0.39, 0.29) is 25.2 Å². The van der Waals surface area contributed by atoms with E-state index in [0.717, 1.165) is 0 Å². The van der Waals surface area contributed by atoms with Gasteiger partial charge >= 0.3 is 17.6 Å². The number of halogens is 3. The van der Waals surface area contributed by atoms with Crippen molar-refractivity contribution in [3.8, 4) is 0 Å². The maximum Gasteiger partial charge on any atom is 0.416 e. The van der Waals surface area contributed by atoms with Gasteiger partial charge in [0.2, 0.25) is 12.2 Å². The Balaban J connectivity index is 2.62. The third-order valence-electron chi connectivity index (χ3n) is 3.57. The summed E-state index contributed by atoms with van der Waals surface area (Å²) in [6, 6.07) is 8.52. The van der Waals surface area contributed by atoms with E-state index in [2.05, 4.69) is 10.3 Å². The summed E-state index contributed by atoms with van der Waals surface area (Å²) in [4.78, 5) is 23.5. The van der Waals surface area contributed by atoms with Crippen molar-refractivity contribution in [2.45, 2.75) is 6.18 Å². The molecule has 0 radical (unpaired) electrons. The van der Waals surface area contributed by atoms with Gasteiger partial charge in [0, 0.05) is 12.1 Å². The number of hydrogen-bond acceptors (Lipinski definition) is 6. The second kappa shape index (κ2) is 8.21. The van der Waals surface area contributed by atoms with Gasteiger partial charge in [-0.1, -0.05) is 18.2 Å². The highest BCUT2D eigenvalue weighted by Crippen LogP contribution is 2.41. The van der Waals surface area contributed by atoms with E-state index in [9.17, 15) is 33.4 Å². The van der Waals surface area contributed by atoms with Crippen LogP contribution < -0.4 is 10.4 Å². The lowest BCUT2D eigenvalue weighted by Crippen LogP contribution is -2.32. The quantitative estimate of drug-likeness (QED) is 0.426. The number of anilines is 2. The van der Waals surface area contributed by atoms with Gasteiger partial charge in [0.25, 0.3) is 0 Å². The molecule has 0 aliphatic heterocycles. The number of hydrazine groups is 1. The van der Waals surface area contributed by atoms with Crippen LogP contribution >= 0.6 is 0 Å². The highest BCUT2D eigenvalue weighted by molar-refractivity contribution is 5.77. The van der Waals surface area contributed by atoms with Gasteiger partial charge in [-0.2, -0.15) is 13.2 Å². The lowest BCUT2D eigenvalue weighted by Gasteiger charge is -2.24. The molecule has 0 bridgehead atoms. The minimum absolute atomic E-state index is 0.0250. The van der Waals surface area contributed by atoms with Gasteiger partial charge < -0.3 is 4.85 Å². The summed E-state index contributed by atoms with van der Waals surface area (Å²) in [5.41, 5.74) is -1.57. The Morgan fingerprint density at radius 2 is 1.61 bits per heavy atom. The normalized spacial score (nSPS) is 10.8. The number of hydrogen-bond donors (Lipinski definition) is 1. The largest absolute Gasteiger partial charge is 0.416 e. The van der Waals surface area contributed by atoms with Crippen LogP contribution in [0.3, 0.4) is 0 Å². The van der Waals surface area contributed by atoms with E-state index in [1.807, 2.05) is 0 Å². The number of nitro groups is 2. The lowest BCUT2D eigenvalue weighted by atomic mass is 10.1. The fourth-order valence-electron chi connectivity index (χ4n) is 2.32. The number of nitro benzene ring substituents is 2. The molecule has 0 aromatic heterocycles. The van der Waals surface area contributed by atoms with Crippen LogP contribution in [0.1, 0.15) is 5.56 Å². The van der Waals surface area contributed by atoms with Crippen LogP contribution in [0.5, 0.6) is 0 Å². The minimum atomic E-state index is -5.00. The predicted octanol–water partition coefficient (Wildman–Crippen LogP) is 4.27. The number of para-hydroxylation sites is 1. The van der Waals surface area contributed by atoms with E-state index >= 15 is 0 Å². The molecule has 28 heavy (non-hydrogen) atoms. The Morgan fingerprint density at radius 3 is 2.04 bits per heavy atom. The predicted molar refractivity (Wildman–Crippen MR) is 93.6 cm³/mol. The SMILES string of the molecule is [C-]#[N+]CCN(Nc1c([N+](=O)[O-])cc(C(F)(F)F)cc1[N+](=O)[O-])c1ccccc1. The fourth-order valence-corrected chi connectivity index (χ4v) is 2.32. The molecule has 0 heterocycles. The van der Waals surface area contributed by atoms with Gasteiger partial charge in [-0.3, -0.25) is 30.7 Å². The monoisotopic (exact) mass is 395 g/mol. The zero-order valence-electron chi connectivity index (χ0n) is 14.0. The Hall–Kier alpha value is -3.88. The van der Waals surface area contributed by atoms with E-state index in [1.165, 1.54) is 5.01 Å². The van der Waals surface area contributed by atoms with Crippen LogP contribution in [0.2, 0.25) is 0 Å². The Bertz CT molecular complexity index is 893. The Kier molecular flexibility index (Phi) is 5.99. The van der Waals surface area contributed by atoms with E-state index in [0.29, 0.717) is 5.69 Å². The zero-order valence-corrected chi connectivity index (χ0v) is 14.0. The molecular weight excluding hydrogens is 383 g/mol. The summed E-state index contributed by atoms with van der Waals surface area (Å²) in [7, 11) is 0. The van der Waals surface area contributed by atoms with Crippen LogP contribution in [0.25, 0.3) is 4.85 Å². The van der Waals surface area contributed by atoms with Crippen LogP contribution in [-0.4, -0.2) is 22.9 Å². The van der Waals surface area contributed by atoms with Gasteiger partial charge in [0.05, 0.1) is 21.1 Å². The van der Waals surface area contributed by atoms with Gasteiger partial charge in [0.1, 0.15) is 6.54 Å². The number of nitrogens with zero attached hydrogens (tertiary/aromatic N) is 4. The summed E-state index contributed by atoms with van der Waals surface area (Å²) in [5.74, 6) is 0. The van der Waals surface area contributed by atoms with Crippen LogP contribution in [-0.2, 0) is 6.18 Å². The molecular formula is C16H12F3N5O4. The van der Waals surface area contributed by atoms with Crippen LogP contribution in [0.15, 0.2) is 42.5 Å². The average Bonchev–Trinajstić information content (AvgIpc) is 2.64. The van der Waals surface area contributed by atoms with Crippen LogP contribution in [0, 0.1) is 26.8 Å². The minimum Gasteiger partial charge on any atom is -0.315 e. The summed E-state index contributed by atoms with van der Waals surface area (Å²) in [6.07, 6.45) is -5.00. The number of alkyl halides is 3. The summed E-state index contributed by atoms with van der Waals surface area (Å²) < 4.78 is 39.0. The van der Waals surface area contributed by atoms with E-state index in [4.69, 9.17) is 6.57 Å². The molecule has 12 heteroatoms. The third-order valence-corrected chi connectivity index (χ3v) is 3.57. The molecule has 0 saturated heterocycles. The lowest BCUT2D eigenvalue weighted by molar-refractivity contribution is -0.392. The molecule has 0 atom stereocenters. The molecule has 2 rings (SSSR count). The Labute approximate surface area is 156 Å². The van der Waals surface area contributed by atoms with E-state index in [1.54, 1.807) is 30.3 Å². The summed E-state index contributed by atoms with van der Waals surface area (Å²) >= 11 is 0. The summed E-state index contributed by atoms with van der Waals surface area (Å²) in [6.45, 7) is 6.79. The second-order valence-corrected chi connectivity index (χ2v) is 5.38. The van der Waals surface area contributed by atoms with Crippen molar-refractivity contribution in [3.05, 3.63) is 79.7 Å². The van der Waals surface area contributed by atoms with Gasteiger partial charge in [-0.25, -0.2) is 6.57 Å². The third kappa shape index (κ3) is 4.64. The van der Waals surface area contributed by atoms with Crippen molar-refractivity contribution in [1.82, 2.24) is 0 Å². The van der Waals surface area contributed by atoms with Crippen molar-refractivity contribution in [2.24, 2.45) is 0 Å². The van der Waals surface area contributed by atoms with Crippen molar-refractivity contribution in [1.29, 1.82) is 0 Å². The second-order valence-electron chi connectivity index (χ2n) is 5.38. The van der Waals surface area contributed by atoms with Crippen molar-refractivity contribution in [3.63, 3.8) is 0 Å².